The Kier molecular flexibility index (Phi) is 3.11. The number of aromatic nitrogens is 4. The maximum absolute atomic E-state index is 4.28. The molecular weight excluding hydrogens is 256 g/mol. The van der Waals surface area contributed by atoms with Crippen LogP contribution in [-0.4, -0.2) is 19.5 Å². The highest BCUT2D eigenvalue weighted by Gasteiger charge is 2.04. The van der Waals surface area contributed by atoms with E-state index in [1.54, 1.807) is 6.20 Å². The van der Waals surface area contributed by atoms with Crippen LogP contribution in [0.4, 0.5) is 0 Å². The Balaban J connectivity index is 2.37. The van der Waals surface area contributed by atoms with Crippen LogP contribution in [0.3, 0.4) is 0 Å². The summed E-state index contributed by atoms with van der Waals surface area (Å²) >= 11 is 3.36. The average molecular weight is 267 g/mol. The lowest BCUT2D eigenvalue weighted by atomic mass is 10.4. The molecule has 15 heavy (non-hydrogen) atoms. The molecule has 0 N–H and O–H groups in total. The largest absolute Gasteiger partial charge is 0.272 e. The average Bonchev–Trinajstić information content (AvgIpc) is 2.77. The van der Waals surface area contributed by atoms with Crippen LogP contribution >= 0.6 is 15.9 Å². The van der Waals surface area contributed by atoms with Crippen LogP contribution in [0.15, 0.2) is 24.8 Å². The first-order valence-corrected chi connectivity index (χ1v) is 5.86. The van der Waals surface area contributed by atoms with Gasteiger partial charge in [-0.2, -0.15) is 0 Å². The van der Waals surface area contributed by atoms with Crippen molar-refractivity contribution >= 4 is 15.9 Å². The molecule has 2 aromatic heterocycles. The van der Waals surface area contributed by atoms with Gasteiger partial charge in [0.15, 0.2) is 0 Å². The highest BCUT2D eigenvalue weighted by Crippen LogP contribution is 2.07. The highest BCUT2D eigenvalue weighted by atomic mass is 79.9. The van der Waals surface area contributed by atoms with Gasteiger partial charge in [-0.25, -0.2) is 15.0 Å². The molecule has 0 saturated carbocycles. The number of rotatable bonds is 3. The minimum Gasteiger partial charge on any atom is -0.272 e. The third kappa shape index (κ3) is 2.07. The summed E-state index contributed by atoms with van der Waals surface area (Å²) in [5, 5.41) is 0.776. The van der Waals surface area contributed by atoms with Gasteiger partial charge in [-0.1, -0.05) is 22.9 Å². The van der Waals surface area contributed by atoms with Crippen LogP contribution < -0.4 is 0 Å². The van der Waals surface area contributed by atoms with Gasteiger partial charge in [0, 0.05) is 36.5 Å². The summed E-state index contributed by atoms with van der Waals surface area (Å²) in [5.41, 5.74) is 1.07. The van der Waals surface area contributed by atoms with Gasteiger partial charge in [0.2, 0.25) is 5.95 Å². The van der Waals surface area contributed by atoms with Crippen LogP contribution in [0.25, 0.3) is 5.95 Å². The minimum absolute atomic E-state index is 0.675. The van der Waals surface area contributed by atoms with Gasteiger partial charge in [-0.15, -0.1) is 0 Å². The second kappa shape index (κ2) is 4.53. The molecule has 0 fully saturated rings. The molecule has 0 amide bonds. The van der Waals surface area contributed by atoms with E-state index < -0.39 is 0 Å². The molecule has 2 heterocycles. The van der Waals surface area contributed by atoms with Crippen molar-refractivity contribution in [1.82, 2.24) is 19.5 Å². The van der Waals surface area contributed by atoms with Crippen molar-refractivity contribution in [3.05, 3.63) is 36.2 Å². The maximum Gasteiger partial charge on any atom is 0.235 e. The number of imidazole rings is 1. The number of aryl methyl sites for hydroxylation is 1. The molecule has 5 heteroatoms. The van der Waals surface area contributed by atoms with Gasteiger partial charge >= 0.3 is 0 Å². The Morgan fingerprint density at radius 2 is 2.00 bits per heavy atom. The zero-order valence-corrected chi connectivity index (χ0v) is 9.98. The van der Waals surface area contributed by atoms with Gasteiger partial charge in [0.05, 0.1) is 0 Å². The van der Waals surface area contributed by atoms with E-state index in [4.69, 9.17) is 0 Å². The second-order valence-corrected chi connectivity index (χ2v) is 3.65. The van der Waals surface area contributed by atoms with Crippen molar-refractivity contribution in [2.24, 2.45) is 0 Å². The van der Waals surface area contributed by atoms with Gasteiger partial charge in [-0.3, -0.25) is 4.57 Å². The lowest BCUT2D eigenvalue weighted by Crippen LogP contribution is -2.04. The molecule has 0 spiro atoms. The Morgan fingerprint density at radius 3 is 2.60 bits per heavy atom. The lowest BCUT2D eigenvalue weighted by molar-refractivity contribution is 0.832. The quantitative estimate of drug-likeness (QED) is 0.800. The van der Waals surface area contributed by atoms with E-state index in [9.17, 15) is 0 Å². The van der Waals surface area contributed by atoms with E-state index in [1.807, 2.05) is 23.2 Å². The first-order valence-electron chi connectivity index (χ1n) is 4.74. The molecule has 2 aromatic rings. The van der Waals surface area contributed by atoms with Crippen LogP contribution in [0, 0.1) is 0 Å². The molecule has 0 aliphatic rings. The molecule has 0 radical (unpaired) electrons. The van der Waals surface area contributed by atoms with Crippen LogP contribution in [0.5, 0.6) is 0 Å². The number of hydrogen-bond acceptors (Lipinski definition) is 3. The summed E-state index contributed by atoms with van der Waals surface area (Å²) in [6.07, 6.45) is 8.15. The highest BCUT2D eigenvalue weighted by molar-refractivity contribution is 9.08. The Hall–Kier alpha value is -1.23. The molecule has 0 aliphatic carbocycles. The molecule has 0 aliphatic heterocycles. The van der Waals surface area contributed by atoms with E-state index in [0.717, 1.165) is 23.1 Å². The topological polar surface area (TPSA) is 43.6 Å². The Morgan fingerprint density at radius 1 is 1.27 bits per heavy atom. The zero-order chi connectivity index (χ0) is 10.7. The van der Waals surface area contributed by atoms with E-state index in [-0.39, 0.29) is 0 Å². The predicted molar refractivity (Wildman–Crippen MR) is 61.2 cm³/mol. The molecule has 0 unspecified atom stereocenters. The van der Waals surface area contributed by atoms with Crippen LogP contribution in [-0.2, 0) is 11.8 Å². The van der Waals surface area contributed by atoms with Gasteiger partial charge in [-0.05, 0) is 5.56 Å². The summed E-state index contributed by atoms with van der Waals surface area (Å²) < 4.78 is 1.90. The molecule has 2 rings (SSSR count). The van der Waals surface area contributed by atoms with Crippen LogP contribution in [0.2, 0.25) is 0 Å². The van der Waals surface area contributed by atoms with Crippen molar-refractivity contribution in [1.29, 1.82) is 0 Å². The summed E-state index contributed by atoms with van der Waals surface area (Å²) in [4.78, 5) is 12.8. The summed E-state index contributed by atoms with van der Waals surface area (Å²) in [5.74, 6) is 1.65. The van der Waals surface area contributed by atoms with Crippen molar-refractivity contribution in [3.63, 3.8) is 0 Å². The third-order valence-electron chi connectivity index (χ3n) is 2.10. The van der Waals surface area contributed by atoms with E-state index in [1.165, 1.54) is 0 Å². The Bertz CT molecular complexity index is 435. The van der Waals surface area contributed by atoms with Crippen LogP contribution in [0.1, 0.15) is 18.3 Å². The fourth-order valence-corrected chi connectivity index (χ4v) is 1.61. The lowest BCUT2D eigenvalue weighted by Gasteiger charge is -2.04. The van der Waals surface area contributed by atoms with E-state index in [2.05, 4.69) is 37.8 Å². The van der Waals surface area contributed by atoms with Gasteiger partial charge < -0.3 is 0 Å². The molecule has 0 aromatic carbocycles. The molecule has 0 bridgehead atoms. The van der Waals surface area contributed by atoms with Crippen molar-refractivity contribution in [2.45, 2.75) is 18.7 Å². The van der Waals surface area contributed by atoms with Gasteiger partial charge in [0.1, 0.15) is 5.82 Å². The fourth-order valence-electron chi connectivity index (χ4n) is 1.32. The molecule has 0 atom stereocenters. The summed E-state index contributed by atoms with van der Waals surface area (Å²) in [6.45, 7) is 2.06. The minimum atomic E-state index is 0.675. The standard InChI is InChI=1S/C10H11BrN4/c1-2-9-12-3-4-15(9)10-13-6-8(5-11)7-14-10/h3-4,6-7H,2,5H2,1H3. The Labute approximate surface area is 96.5 Å². The number of nitrogens with zero attached hydrogens (tertiary/aromatic N) is 4. The maximum atomic E-state index is 4.28. The molecule has 0 saturated heterocycles. The van der Waals surface area contributed by atoms with Crippen molar-refractivity contribution < 1.29 is 0 Å². The first kappa shape index (κ1) is 10.3. The second-order valence-electron chi connectivity index (χ2n) is 3.09. The van der Waals surface area contributed by atoms with E-state index >= 15 is 0 Å². The summed E-state index contributed by atoms with van der Waals surface area (Å²) in [7, 11) is 0. The number of hydrogen-bond donors (Lipinski definition) is 0. The smallest absolute Gasteiger partial charge is 0.235 e. The third-order valence-corrected chi connectivity index (χ3v) is 2.74. The van der Waals surface area contributed by atoms with Crippen molar-refractivity contribution in [3.8, 4) is 5.95 Å². The van der Waals surface area contributed by atoms with Crippen molar-refractivity contribution in [2.75, 3.05) is 0 Å². The fraction of sp³-hybridized carbons (Fsp3) is 0.300. The number of alkyl halides is 1. The molecule has 78 valence electrons. The molecular formula is C10H11BrN4. The van der Waals surface area contributed by atoms with Gasteiger partial charge in [0.25, 0.3) is 0 Å². The van der Waals surface area contributed by atoms with E-state index in [0.29, 0.717) is 5.95 Å². The first-order chi connectivity index (χ1) is 7.35. The predicted octanol–water partition coefficient (Wildman–Crippen LogP) is 2.12. The SMILES string of the molecule is CCc1nccn1-c1ncc(CBr)cn1. The summed E-state index contributed by atoms with van der Waals surface area (Å²) in [6, 6.07) is 0. The number of halogens is 1. The normalized spacial score (nSPS) is 10.5. The monoisotopic (exact) mass is 266 g/mol. The zero-order valence-electron chi connectivity index (χ0n) is 8.39. The molecule has 4 nitrogen and oxygen atoms in total.